The Morgan fingerprint density at radius 2 is 1.85 bits per heavy atom. The molecular weight excluding hydrogens is 340 g/mol. The van der Waals surface area contributed by atoms with Gasteiger partial charge in [-0.15, -0.1) is 0 Å². The number of benzene rings is 1. The van der Waals surface area contributed by atoms with Crippen LogP contribution in [-0.2, 0) is 11.8 Å². The van der Waals surface area contributed by atoms with Gasteiger partial charge in [-0.2, -0.15) is 5.10 Å². The lowest BCUT2D eigenvalue weighted by molar-refractivity contribution is -0.134. The summed E-state index contributed by atoms with van der Waals surface area (Å²) in [6.45, 7) is 0.811. The minimum absolute atomic E-state index is 0.00416. The van der Waals surface area contributed by atoms with Crippen LogP contribution in [0.2, 0.25) is 0 Å². The number of fused-ring (bicyclic) bond motifs is 1. The SMILES string of the molecule is CN1C[C@H]2C[C@@H](N(C)C(=O)c3cc(-c4ccccc4)nn3C)C[C@H]2CC1=O. The van der Waals surface area contributed by atoms with Crippen LogP contribution in [0.4, 0.5) is 0 Å². The average Bonchev–Trinajstić information content (AvgIpc) is 3.25. The Morgan fingerprint density at radius 3 is 2.59 bits per heavy atom. The van der Waals surface area contributed by atoms with Gasteiger partial charge in [-0.1, -0.05) is 30.3 Å². The third-order valence-corrected chi connectivity index (χ3v) is 6.22. The van der Waals surface area contributed by atoms with Gasteiger partial charge < -0.3 is 9.80 Å². The Labute approximate surface area is 159 Å². The van der Waals surface area contributed by atoms with Crippen LogP contribution in [0.25, 0.3) is 11.3 Å². The minimum Gasteiger partial charge on any atom is -0.345 e. The van der Waals surface area contributed by atoms with Crippen molar-refractivity contribution in [3.8, 4) is 11.3 Å². The van der Waals surface area contributed by atoms with Gasteiger partial charge in [-0.3, -0.25) is 14.3 Å². The van der Waals surface area contributed by atoms with Crippen molar-refractivity contribution < 1.29 is 9.59 Å². The quantitative estimate of drug-likeness (QED) is 0.838. The average molecular weight is 366 g/mol. The highest BCUT2D eigenvalue weighted by atomic mass is 16.2. The highest BCUT2D eigenvalue weighted by Gasteiger charge is 2.42. The Bertz CT molecular complexity index is 860. The normalized spacial score (nSPS) is 24.8. The standard InChI is InChI=1S/C21H26N4O2/c1-23-13-16-10-17(9-15(16)11-20(23)26)24(2)21(27)19-12-18(22-25(19)3)14-7-5-4-6-8-14/h4-8,12,15-17H,9-11,13H2,1-3H3/t15-,16+,17-/m0/s1. The fraction of sp³-hybridized carbons (Fsp3) is 0.476. The number of carbonyl (C=O) groups excluding carboxylic acids is 2. The Morgan fingerprint density at radius 1 is 1.15 bits per heavy atom. The molecule has 2 amide bonds. The molecule has 2 fully saturated rings. The van der Waals surface area contributed by atoms with Crippen molar-refractivity contribution >= 4 is 11.8 Å². The molecule has 2 aromatic rings. The number of aromatic nitrogens is 2. The van der Waals surface area contributed by atoms with E-state index in [4.69, 9.17) is 0 Å². The summed E-state index contributed by atoms with van der Waals surface area (Å²) in [6, 6.07) is 11.9. The van der Waals surface area contributed by atoms with Gasteiger partial charge in [0.1, 0.15) is 5.69 Å². The molecule has 1 aliphatic heterocycles. The Hall–Kier alpha value is -2.63. The molecular formula is C21H26N4O2. The van der Waals surface area contributed by atoms with Crippen molar-refractivity contribution in [2.24, 2.45) is 18.9 Å². The van der Waals surface area contributed by atoms with Crippen molar-refractivity contribution in [2.45, 2.75) is 25.3 Å². The van der Waals surface area contributed by atoms with Crippen LogP contribution >= 0.6 is 0 Å². The van der Waals surface area contributed by atoms with Gasteiger partial charge in [-0.25, -0.2) is 0 Å². The van der Waals surface area contributed by atoms with Gasteiger partial charge in [0, 0.05) is 45.7 Å². The molecule has 1 aliphatic carbocycles. The molecule has 6 nitrogen and oxygen atoms in total. The molecule has 2 heterocycles. The lowest BCUT2D eigenvalue weighted by Gasteiger charge is -2.31. The second-order valence-corrected chi connectivity index (χ2v) is 7.94. The molecule has 0 bridgehead atoms. The predicted molar refractivity (Wildman–Crippen MR) is 103 cm³/mol. The maximum absolute atomic E-state index is 13.1. The van der Waals surface area contributed by atoms with Gasteiger partial charge in [-0.05, 0) is 30.7 Å². The van der Waals surface area contributed by atoms with E-state index in [1.165, 1.54) is 0 Å². The van der Waals surface area contributed by atoms with Gasteiger partial charge in [0.25, 0.3) is 5.91 Å². The summed E-state index contributed by atoms with van der Waals surface area (Å²) in [4.78, 5) is 28.8. The maximum atomic E-state index is 13.1. The zero-order valence-electron chi connectivity index (χ0n) is 16.1. The van der Waals surface area contributed by atoms with E-state index >= 15 is 0 Å². The molecule has 1 saturated heterocycles. The second kappa shape index (κ2) is 6.83. The van der Waals surface area contributed by atoms with Crippen LogP contribution in [0.1, 0.15) is 29.8 Å². The smallest absolute Gasteiger partial charge is 0.272 e. The minimum atomic E-state index is -0.00416. The van der Waals surface area contributed by atoms with E-state index in [0.717, 1.165) is 30.6 Å². The summed E-state index contributed by atoms with van der Waals surface area (Å²) in [5.74, 6) is 1.13. The van der Waals surface area contributed by atoms with Crippen LogP contribution in [0.15, 0.2) is 36.4 Å². The van der Waals surface area contributed by atoms with Gasteiger partial charge in [0.05, 0.1) is 5.69 Å². The molecule has 1 aromatic carbocycles. The molecule has 27 heavy (non-hydrogen) atoms. The van der Waals surface area contributed by atoms with Crippen LogP contribution in [0.3, 0.4) is 0 Å². The predicted octanol–water partition coefficient (Wildman–Crippen LogP) is 2.42. The summed E-state index contributed by atoms with van der Waals surface area (Å²) in [5.41, 5.74) is 2.41. The van der Waals surface area contributed by atoms with Gasteiger partial charge in [0.2, 0.25) is 5.91 Å². The lowest BCUT2D eigenvalue weighted by atomic mass is 9.88. The Kier molecular flexibility index (Phi) is 4.50. The van der Waals surface area contributed by atoms with Crippen LogP contribution < -0.4 is 0 Å². The van der Waals surface area contributed by atoms with Crippen LogP contribution in [-0.4, -0.2) is 58.1 Å². The summed E-state index contributed by atoms with van der Waals surface area (Å²) in [7, 11) is 5.57. The molecule has 0 radical (unpaired) electrons. The largest absolute Gasteiger partial charge is 0.345 e. The van der Waals surface area contributed by atoms with E-state index in [1.807, 2.05) is 67.3 Å². The first-order valence-electron chi connectivity index (χ1n) is 9.54. The molecule has 4 rings (SSSR count). The number of hydrogen-bond acceptors (Lipinski definition) is 3. The van der Waals surface area contributed by atoms with Gasteiger partial charge in [0.15, 0.2) is 0 Å². The van der Waals surface area contributed by atoms with Crippen molar-refractivity contribution in [3.05, 3.63) is 42.1 Å². The van der Waals surface area contributed by atoms with E-state index in [2.05, 4.69) is 5.10 Å². The molecule has 3 atom stereocenters. The lowest BCUT2D eigenvalue weighted by Crippen LogP contribution is -2.40. The van der Waals surface area contributed by atoms with Gasteiger partial charge >= 0.3 is 0 Å². The molecule has 0 spiro atoms. The Balaban J connectivity index is 1.50. The highest BCUT2D eigenvalue weighted by Crippen LogP contribution is 2.40. The molecule has 1 aromatic heterocycles. The first-order valence-corrected chi connectivity index (χ1v) is 9.54. The number of likely N-dealkylation sites (tertiary alicyclic amines) is 1. The number of rotatable bonds is 3. The first-order chi connectivity index (χ1) is 12.9. The summed E-state index contributed by atoms with van der Waals surface area (Å²) < 4.78 is 1.67. The van der Waals surface area contributed by atoms with E-state index in [-0.39, 0.29) is 17.9 Å². The third kappa shape index (κ3) is 3.24. The molecule has 2 aliphatic rings. The fourth-order valence-corrected chi connectivity index (χ4v) is 4.57. The summed E-state index contributed by atoms with van der Waals surface area (Å²) in [5, 5.41) is 4.52. The summed E-state index contributed by atoms with van der Waals surface area (Å²) in [6.07, 6.45) is 2.49. The zero-order valence-corrected chi connectivity index (χ0v) is 16.1. The van der Waals surface area contributed by atoms with Crippen molar-refractivity contribution in [1.29, 1.82) is 0 Å². The summed E-state index contributed by atoms with van der Waals surface area (Å²) >= 11 is 0. The van der Waals surface area contributed by atoms with Crippen LogP contribution in [0, 0.1) is 11.8 Å². The monoisotopic (exact) mass is 366 g/mol. The first kappa shape index (κ1) is 17.8. The third-order valence-electron chi connectivity index (χ3n) is 6.22. The van der Waals surface area contributed by atoms with Crippen molar-refractivity contribution in [2.75, 3.05) is 20.6 Å². The number of carbonyl (C=O) groups is 2. The number of amides is 2. The van der Waals surface area contributed by atoms with Crippen molar-refractivity contribution in [1.82, 2.24) is 19.6 Å². The topological polar surface area (TPSA) is 58.4 Å². The number of piperidine rings is 1. The maximum Gasteiger partial charge on any atom is 0.272 e. The molecule has 1 saturated carbocycles. The van der Waals surface area contributed by atoms with E-state index in [0.29, 0.717) is 24.0 Å². The number of aryl methyl sites for hydroxylation is 1. The molecule has 142 valence electrons. The highest BCUT2D eigenvalue weighted by molar-refractivity contribution is 5.93. The molecule has 0 N–H and O–H groups in total. The number of hydrogen-bond donors (Lipinski definition) is 0. The van der Waals surface area contributed by atoms with E-state index < -0.39 is 0 Å². The van der Waals surface area contributed by atoms with E-state index in [9.17, 15) is 9.59 Å². The van der Waals surface area contributed by atoms with Crippen LogP contribution in [0.5, 0.6) is 0 Å². The molecule has 6 heteroatoms. The molecule has 0 unspecified atom stereocenters. The number of nitrogens with zero attached hydrogens (tertiary/aromatic N) is 4. The van der Waals surface area contributed by atoms with E-state index in [1.54, 1.807) is 4.68 Å². The van der Waals surface area contributed by atoms with Crippen molar-refractivity contribution in [3.63, 3.8) is 0 Å². The fourth-order valence-electron chi connectivity index (χ4n) is 4.57. The zero-order chi connectivity index (χ0) is 19.1. The second-order valence-electron chi connectivity index (χ2n) is 7.94.